The molecule has 0 amide bonds. The molecule has 1 N–H and O–H groups in total. The van der Waals surface area contributed by atoms with Crippen LogP contribution in [0.3, 0.4) is 0 Å². The zero-order chi connectivity index (χ0) is 15.4. The van der Waals surface area contributed by atoms with Gasteiger partial charge in [0, 0.05) is 18.3 Å². The highest BCUT2D eigenvalue weighted by molar-refractivity contribution is 6.30. The van der Waals surface area contributed by atoms with E-state index >= 15 is 0 Å². The number of hydrogen-bond donors (Lipinski definition) is 1. The highest BCUT2D eigenvalue weighted by atomic mass is 35.5. The number of aromatic nitrogens is 2. The summed E-state index contributed by atoms with van der Waals surface area (Å²) in [6, 6.07) is 7.07. The smallest absolute Gasteiger partial charge is 0.141 e. The van der Waals surface area contributed by atoms with Crippen LogP contribution in [0.5, 0.6) is 0 Å². The molecule has 0 fully saturated rings. The van der Waals surface area contributed by atoms with Gasteiger partial charge in [0.1, 0.15) is 5.82 Å². The van der Waals surface area contributed by atoms with Crippen molar-refractivity contribution in [3.8, 4) is 0 Å². The maximum atomic E-state index is 13.1. The van der Waals surface area contributed by atoms with Gasteiger partial charge in [-0.2, -0.15) is 5.10 Å². The number of nitrogens with one attached hydrogen (secondary N) is 1. The third kappa shape index (κ3) is 4.29. The Morgan fingerprint density at radius 2 is 2.10 bits per heavy atom. The molecule has 1 unspecified atom stereocenters. The molecule has 0 saturated carbocycles. The summed E-state index contributed by atoms with van der Waals surface area (Å²) in [6.45, 7) is 7.88. The van der Waals surface area contributed by atoms with E-state index in [9.17, 15) is 4.39 Å². The third-order valence-corrected chi connectivity index (χ3v) is 3.83. The van der Waals surface area contributed by atoms with Crippen molar-refractivity contribution in [2.24, 2.45) is 0 Å². The fourth-order valence-corrected chi connectivity index (χ4v) is 2.54. The van der Waals surface area contributed by atoms with Gasteiger partial charge < -0.3 is 5.32 Å². The van der Waals surface area contributed by atoms with Crippen LogP contribution in [0.2, 0.25) is 5.02 Å². The summed E-state index contributed by atoms with van der Waals surface area (Å²) in [4.78, 5) is 0. The summed E-state index contributed by atoms with van der Waals surface area (Å²) in [6.07, 6.45) is 0.987. The van der Waals surface area contributed by atoms with Crippen molar-refractivity contribution in [3.63, 3.8) is 0 Å². The maximum absolute atomic E-state index is 13.1. The van der Waals surface area contributed by atoms with E-state index in [1.54, 1.807) is 12.1 Å². The van der Waals surface area contributed by atoms with Gasteiger partial charge in [-0.05, 0) is 57.5 Å². The van der Waals surface area contributed by atoms with Crippen molar-refractivity contribution in [1.82, 2.24) is 15.1 Å². The predicted molar refractivity (Wildman–Crippen MR) is 84.1 cm³/mol. The van der Waals surface area contributed by atoms with E-state index in [2.05, 4.69) is 23.4 Å². The zero-order valence-corrected chi connectivity index (χ0v) is 13.4. The largest absolute Gasteiger partial charge is 0.310 e. The lowest BCUT2D eigenvalue weighted by Gasteiger charge is -2.15. The van der Waals surface area contributed by atoms with Crippen LogP contribution in [0.25, 0.3) is 0 Å². The van der Waals surface area contributed by atoms with E-state index in [0.717, 1.165) is 30.8 Å². The van der Waals surface area contributed by atoms with Gasteiger partial charge in [0.05, 0.1) is 10.7 Å². The van der Waals surface area contributed by atoms with Gasteiger partial charge in [0.2, 0.25) is 0 Å². The van der Waals surface area contributed by atoms with Crippen LogP contribution >= 0.6 is 11.6 Å². The molecule has 0 spiro atoms. The Morgan fingerprint density at radius 1 is 1.33 bits per heavy atom. The van der Waals surface area contributed by atoms with E-state index in [0.29, 0.717) is 0 Å². The molecule has 1 heterocycles. The van der Waals surface area contributed by atoms with Crippen LogP contribution in [0.15, 0.2) is 24.3 Å². The first kappa shape index (κ1) is 16.0. The Balaban J connectivity index is 1.80. The molecule has 1 aromatic heterocycles. The maximum Gasteiger partial charge on any atom is 0.141 e. The van der Waals surface area contributed by atoms with Crippen LogP contribution in [0, 0.1) is 19.7 Å². The van der Waals surface area contributed by atoms with Gasteiger partial charge in [-0.1, -0.05) is 17.7 Å². The average molecular weight is 310 g/mol. The summed E-state index contributed by atoms with van der Waals surface area (Å²) in [5.41, 5.74) is 3.23. The molecule has 5 heteroatoms. The first-order valence-electron chi connectivity index (χ1n) is 7.17. The lowest BCUT2D eigenvalue weighted by Crippen LogP contribution is -2.21. The van der Waals surface area contributed by atoms with Crippen LogP contribution in [-0.4, -0.2) is 16.3 Å². The van der Waals surface area contributed by atoms with Gasteiger partial charge in [-0.25, -0.2) is 4.39 Å². The number of benzene rings is 1. The highest BCUT2D eigenvalue weighted by Crippen LogP contribution is 2.20. The summed E-state index contributed by atoms with van der Waals surface area (Å²) < 4.78 is 15.2. The molecule has 0 radical (unpaired) electrons. The van der Waals surface area contributed by atoms with Crippen molar-refractivity contribution >= 4 is 11.6 Å². The molecular formula is C16H21ClFN3. The quantitative estimate of drug-likeness (QED) is 0.816. The van der Waals surface area contributed by atoms with E-state index in [1.165, 1.54) is 11.8 Å². The number of nitrogens with zero attached hydrogens (tertiary/aromatic N) is 2. The molecule has 2 aromatic rings. The highest BCUT2D eigenvalue weighted by Gasteiger charge is 2.08. The molecule has 21 heavy (non-hydrogen) atoms. The van der Waals surface area contributed by atoms with E-state index in [1.807, 2.05) is 18.5 Å². The van der Waals surface area contributed by atoms with Crippen LogP contribution in [-0.2, 0) is 6.54 Å². The normalized spacial score (nSPS) is 12.6. The fraction of sp³-hybridized carbons (Fsp3) is 0.438. The topological polar surface area (TPSA) is 29.9 Å². The molecule has 0 aliphatic carbocycles. The molecule has 114 valence electrons. The number of rotatable bonds is 6. The summed E-state index contributed by atoms with van der Waals surface area (Å²) in [5, 5.41) is 8.03. The fourth-order valence-electron chi connectivity index (χ4n) is 2.35. The van der Waals surface area contributed by atoms with E-state index < -0.39 is 0 Å². The minimum atomic E-state index is -0.378. The predicted octanol–water partition coefficient (Wildman–Crippen LogP) is 4.03. The van der Waals surface area contributed by atoms with E-state index in [-0.39, 0.29) is 16.9 Å². The van der Waals surface area contributed by atoms with Crippen molar-refractivity contribution in [1.29, 1.82) is 0 Å². The summed E-state index contributed by atoms with van der Waals surface area (Å²) in [5.74, 6) is -0.378. The summed E-state index contributed by atoms with van der Waals surface area (Å²) >= 11 is 5.80. The first-order chi connectivity index (χ1) is 9.97. The zero-order valence-electron chi connectivity index (χ0n) is 12.7. The minimum Gasteiger partial charge on any atom is -0.310 e. The number of aryl methyl sites for hydroxylation is 3. The van der Waals surface area contributed by atoms with Crippen molar-refractivity contribution < 1.29 is 4.39 Å². The van der Waals surface area contributed by atoms with Gasteiger partial charge in [0.15, 0.2) is 0 Å². The Morgan fingerprint density at radius 3 is 2.71 bits per heavy atom. The Kier molecular flexibility index (Phi) is 5.37. The molecular weight excluding hydrogens is 289 g/mol. The lowest BCUT2D eigenvalue weighted by molar-refractivity contribution is 0.500. The van der Waals surface area contributed by atoms with Crippen LogP contribution in [0.4, 0.5) is 4.39 Å². The van der Waals surface area contributed by atoms with Gasteiger partial charge in [0.25, 0.3) is 0 Å². The Hall–Kier alpha value is -1.39. The Bertz CT molecular complexity index is 610. The van der Waals surface area contributed by atoms with Crippen LogP contribution < -0.4 is 5.32 Å². The average Bonchev–Trinajstić information content (AvgIpc) is 2.76. The van der Waals surface area contributed by atoms with Crippen molar-refractivity contribution in [3.05, 3.63) is 52.1 Å². The molecule has 1 aromatic carbocycles. The second-order valence-corrected chi connectivity index (χ2v) is 5.76. The molecule has 0 bridgehead atoms. The van der Waals surface area contributed by atoms with Crippen molar-refractivity contribution in [2.45, 2.75) is 39.8 Å². The van der Waals surface area contributed by atoms with Gasteiger partial charge in [-0.15, -0.1) is 0 Å². The van der Waals surface area contributed by atoms with Crippen LogP contribution in [0.1, 0.15) is 36.3 Å². The second kappa shape index (κ2) is 7.05. The number of halogens is 2. The summed E-state index contributed by atoms with van der Waals surface area (Å²) in [7, 11) is 0. The third-order valence-electron chi connectivity index (χ3n) is 3.54. The minimum absolute atomic E-state index is 0.142. The van der Waals surface area contributed by atoms with Gasteiger partial charge in [-0.3, -0.25) is 4.68 Å². The second-order valence-electron chi connectivity index (χ2n) is 5.35. The molecule has 0 aliphatic heterocycles. The lowest BCUT2D eigenvalue weighted by atomic mass is 10.1. The SMILES string of the molecule is Cc1cc(C)n(CCCNC(C)c2ccc(F)c(Cl)c2)n1. The number of hydrogen-bond acceptors (Lipinski definition) is 2. The van der Waals surface area contributed by atoms with Gasteiger partial charge >= 0.3 is 0 Å². The molecule has 2 rings (SSSR count). The molecule has 0 aliphatic rings. The van der Waals surface area contributed by atoms with Crippen molar-refractivity contribution in [2.75, 3.05) is 6.54 Å². The first-order valence-corrected chi connectivity index (χ1v) is 7.54. The molecule has 1 atom stereocenters. The molecule has 3 nitrogen and oxygen atoms in total. The monoisotopic (exact) mass is 309 g/mol. The van der Waals surface area contributed by atoms with E-state index in [4.69, 9.17) is 11.6 Å². The Labute approximate surface area is 130 Å². The standard InChI is InChI=1S/C16H21ClFN3/c1-11-9-12(2)21(20-11)8-4-7-19-13(3)14-5-6-16(18)15(17)10-14/h5-6,9-10,13,19H,4,7-8H2,1-3H3. The molecule has 0 saturated heterocycles.